The highest BCUT2D eigenvalue weighted by molar-refractivity contribution is 5.23. The Morgan fingerprint density at radius 2 is 1.92 bits per heavy atom. The summed E-state index contributed by atoms with van der Waals surface area (Å²) in [4.78, 5) is 0. The minimum absolute atomic E-state index is 0.107. The Balaban J connectivity index is 2.76. The van der Waals surface area contributed by atoms with Crippen LogP contribution in [0.15, 0.2) is 24.3 Å². The summed E-state index contributed by atoms with van der Waals surface area (Å²) in [6, 6.07) is 8.26. The van der Waals surface area contributed by atoms with Gasteiger partial charge in [-0.3, -0.25) is 0 Å². The highest BCUT2D eigenvalue weighted by atomic mass is 14.9. The number of nitrogens with one attached hydrogen (secondary N) is 1. The number of aryl methyl sites for hydroxylation is 1. The van der Waals surface area contributed by atoms with Crippen molar-refractivity contribution in [1.82, 2.24) is 5.32 Å². The second-order valence-electron chi connectivity index (χ2n) is 2.89. The van der Waals surface area contributed by atoms with Crippen molar-refractivity contribution >= 4 is 0 Å². The van der Waals surface area contributed by atoms with E-state index in [-0.39, 0.29) is 6.04 Å². The van der Waals surface area contributed by atoms with Crippen molar-refractivity contribution in [3.63, 3.8) is 0 Å². The molecule has 1 aromatic carbocycles. The van der Waals surface area contributed by atoms with Crippen molar-refractivity contribution in [1.29, 1.82) is 5.26 Å². The van der Waals surface area contributed by atoms with Gasteiger partial charge in [0, 0.05) is 0 Å². The predicted molar refractivity (Wildman–Crippen MR) is 48.3 cm³/mol. The zero-order valence-corrected chi connectivity index (χ0v) is 7.33. The minimum atomic E-state index is 0.107. The molecule has 0 bridgehead atoms. The molecule has 12 heavy (non-hydrogen) atoms. The Hall–Kier alpha value is -1.49. The van der Waals surface area contributed by atoms with Crippen molar-refractivity contribution in [2.45, 2.75) is 19.9 Å². The molecule has 1 aromatic rings. The average Bonchev–Trinajstić information content (AvgIpc) is 2.06. The van der Waals surface area contributed by atoms with Gasteiger partial charge in [0.15, 0.2) is 6.19 Å². The van der Waals surface area contributed by atoms with E-state index in [1.165, 1.54) is 5.56 Å². The van der Waals surface area contributed by atoms with Crippen LogP contribution in [0.2, 0.25) is 0 Å². The normalized spacial score (nSPS) is 11.8. The van der Waals surface area contributed by atoms with Gasteiger partial charge in [-0.2, -0.15) is 5.26 Å². The summed E-state index contributed by atoms with van der Waals surface area (Å²) in [6.45, 7) is 4.01. The van der Waals surface area contributed by atoms with Crippen molar-refractivity contribution in [3.8, 4) is 6.19 Å². The van der Waals surface area contributed by atoms with Crippen LogP contribution in [0.3, 0.4) is 0 Å². The first-order valence-corrected chi connectivity index (χ1v) is 3.95. The van der Waals surface area contributed by atoms with E-state index >= 15 is 0 Å². The lowest BCUT2D eigenvalue weighted by Gasteiger charge is -2.08. The molecule has 62 valence electrons. The van der Waals surface area contributed by atoms with E-state index in [0.717, 1.165) is 5.56 Å². The topological polar surface area (TPSA) is 35.8 Å². The lowest BCUT2D eigenvalue weighted by atomic mass is 10.1. The number of hydrogen-bond donors (Lipinski definition) is 1. The third-order valence-corrected chi connectivity index (χ3v) is 1.86. The van der Waals surface area contributed by atoms with E-state index in [1.807, 2.05) is 44.3 Å². The van der Waals surface area contributed by atoms with E-state index in [4.69, 9.17) is 5.26 Å². The van der Waals surface area contributed by atoms with Crippen LogP contribution in [0.4, 0.5) is 0 Å². The van der Waals surface area contributed by atoms with Gasteiger partial charge in [-0.15, -0.1) is 0 Å². The van der Waals surface area contributed by atoms with Crippen LogP contribution in [0.25, 0.3) is 0 Å². The van der Waals surface area contributed by atoms with Crippen LogP contribution in [0.5, 0.6) is 0 Å². The summed E-state index contributed by atoms with van der Waals surface area (Å²) in [5.74, 6) is 0. The molecule has 0 saturated carbocycles. The van der Waals surface area contributed by atoms with Gasteiger partial charge in [-0.25, -0.2) is 0 Å². The highest BCUT2D eigenvalue weighted by Crippen LogP contribution is 2.11. The Kier molecular flexibility index (Phi) is 2.71. The van der Waals surface area contributed by atoms with Crippen molar-refractivity contribution in [2.75, 3.05) is 0 Å². The zero-order valence-electron chi connectivity index (χ0n) is 7.33. The number of hydrogen-bond acceptors (Lipinski definition) is 2. The summed E-state index contributed by atoms with van der Waals surface area (Å²) in [5, 5.41) is 11.1. The lowest BCUT2D eigenvalue weighted by molar-refractivity contribution is 0.697. The van der Waals surface area contributed by atoms with Gasteiger partial charge in [-0.05, 0) is 19.4 Å². The largest absolute Gasteiger partial charge is 0.317 e. The number of nitriles is 1. The van der Waals surface area contributed by atoms with E-state index < -0.39 is 0 Å². The van der Waals surface area contributed by atoms with Gasteiger partial charge in [0.25, 0.3) is 0 Å². The summed E-state index contributed by atoms with van der Waals surface area (Å²) in [6.07, 6.45) is 1.93. The van der Waals surface area contributed by atoms with Gasteiger partial charge >= 0.3 is 0 Å². The molecule has 0 fully saturated rings. The maximum absolute atomic E-state index is 8.39. The zero-order chi connectivity index (χ0) is 8.97. The summed E-state index contributed by atoms with van der Waals surface area (Å²) in [7, 11) is 0. The van der Waals surface area contributed by atoms with Gasteiger partial charge in [0.05, 0.1) is 6.04 Å². The molecular weight excluding hydrogens is 148 g/mol. The Morgan fingerprint density at radius 3 is 2.42 bits per heavy atom. The molecule has 0 radical (unpaired) electrons. The minimum Gasteiger partial charge on any atom is -0.317 e. The molecule has 0 aromatic heterocycles. The average molecular weight is 160 g/mol. The maximum atomic E-state index is 8.39. The molecule has 0 saturated heterocycles. The van der Waals surface area contributed by atoms with Crippen molar-refractivity contribution < 1.29 is 0 Å². The standard InChI is InChI=1S/C10H12N2/c1-8-3-5-10(6-4-8)9(2)12-7-11/h3-6,9,12H,1-2H3/t9-/m1/s1. The third-order valence-electron chi connectivity index (χ3n) is 1.86. The van der Waals surface area contributed by atoms with E-state index in [0.29, 0.717) is 0 Å². The SMILES string of the molecule is Cc1ccc([C@@H](C)NC#N)cc1. The molecule has 0 aliphatic rings. The first kappa shape index (κ1) is 8.61. The lowest BCUT2D eigenvalue weighted by Crippen LogP contribution is -2.11. The second-order valence-corrected chi connectivity index (χ2v) is 2.89. The van der Waals surface area contributed by atoms with Crippen molar-refractivity contribution in [3.05, 3.63) is 35.4 Å². The second kappa shape index (κ2) is 3.77. The van der Waals surface area contributed by atoms with Gasteiger partial charge < -0.3 is 5.32 Å². The van der Waals surface area contributed by atoms with Gasteiger partial charge in [0.1, 0.15) is 0 Å². The summed E-state index contributed by atoms with van der Waals surface area (Å²) in [5.41, 5.74) is 2.38. The molecule has 2 heteroatoms. The van der Waals surface area contributed by atoms with E-state index in [1.54, 1.807) is 0 Å². The number of nitrogens with zero attached hydrogens (tertiary/aromatic N) is 1. The van der Waals surface area contributed by atoms with E-state index in [2.05, 4.69) is 5.32 Å². The number of benzene rings is 1. The fourth-order valence-corrected chi connectivity index (χ4v) is 1.04. The molecule has 0 unspecified atom stereocenters. The van der Waals surface area contributed by atoms with Crippen LogP contribution in [-0.4, -0.2) is 0 Å². The smallest absolute Gasteiger partial charge is 0.177 e. The molecule has 0 spiro atoms. The molecule has 0 heterocycles. The fraction of sp³-hybridized carbons (Fsp3) is 0.300. The molecule has 0 aliphatic carbocycles. The molecular formula is C10H12N2. The predicted octanol–water partition coefficient (Wildman–Crippen LogP) is 2.13. The number of rotatable bonds is 2. The molecule has 0 aliphatic heterocycles. The molecule has 0 amide bonds. The maximum Gasteiger partial charge on any atom is 0.177 e. The van der Waals surface area contributed by atoms with Crippen LogP contribution >= 0.6 is 0 Å². The van der Waals surface area contributed by atoms with Crippen LogP contribution in [0.1, 0.15) is 24.1 Å². The quantitative estimate of drug-likeness (QED) is 0.531. The first-order valence-electron chi connectivity index (χ1n) is 3.95. The third kappa shape index (κ3) is 2.00. The van der Waals surface area contributed by atoms with Gasteiger partial charge in [0.2, 0.25) is 0 Å². The molecule has 1 rings (SSSR count). The molecule has 1 N–H and O–H groups in total. The molecule has 2 nitrogen and oxygen atoms in total. The summed E-state index contributed by atoms with van der Waals surface area (Å²) >= 11 is 0. The van der Waals surface area contributed by atoms with Crippen LogP contribution in [-0.2, 0) is 0 Å². The first-order chi connectivity index (χ1) is 5.74. The Labute approximate surface area is 72.8 Å². The van der Waals surface area contributed by atoms with Gasteiger partial charge in [-0.1, -0.05) is 29.8 Å². The fourth-order valence-electron chi connectivity index (χ4n) is 1.04. The molecule has 1 atom stereocenters. The Morgan fingerprint density at radius 1 is 1.33 bits per heavy atom. The Bertz CT molecular complexity index is 282. The summed E-state index contributed by atoms with van der Waals surface area (Å²) < 4.78 is 0. The van der Waals surface area contributed by atoms with Crippen molar-refractivity contribution in [2.24, 2.45) is 0 Å². The monoisotopic (exact) mass is 160 g/mol. The highest BCUT2D eigenvalue weighted by Gasteiger charge is 2.01. The van der Waals surface area contributed by atoms with E-state index in [9.17, 15) is 0 Å². The van der Waals surface area contributed by atoms with Crippen LogP contribution < -0.4 is 5.32 Å². The van der Waals surface area contributed by atoms with Crippen LogP contribution in [0, 0.1) is 18.4 Å².